The molecule has 0 heterocycles. The van der Waals surface area contributed by atoms with Gasteiger partial charge in [-0.2, -0.15) is 8.78 Å². The van der Waals surface area contributed by atoms with Gasteiger partial charge in [-0.25, -0.2) is 4.39 Å². The molecule has 0 spiro atoms. The summed E-state index contributed by atoms with van der Waals surface area (Å²) in [6, 6.07) is 14.9. The van der Waals surface area contributed by atoms with Crippen LogP contribution in [-0.4, -0.2) is 6.04 Å². The van der Waals surface area contributed by atoms with Gasteiger partial charge in [0, 0.05) is 11.8 Å². The number of rotatable bonds is 6. The summed E-state index contributed by atoms with van der Waals surface area (Å²) in [6.45, 7) is 0. The lowest BCUT2D eigenvalue weighted by Crippen LogP contribution is -2.18. The van der Waals surface area contributed by atoms with Gasteiger partial charge >= 0.3 is 0 Å². The van der Waals surface area contributed by atoms with E-state index in [4.69, 9.17) is 0 Å². The third-order valence-corrected chi connectivity index (χ3v) is 3.11. The zero-order valence-corrected chi connectivity index (χ0v) is 11.4. The Balaban J connectivity index is 2.01. The van der Waals surface area contributed by atoms with E-state index in [-0.39, 0.29) is 5.82 Å². The van der Waals surface area contributed by atoms with Crippen molar-refractivity contribution in [2.75, 3.05) is 5.32 Å². The minimum atomic E-state index is -1.72. The maximum atomic E-state index is 12.8. The largest absolute Gasteiger partial charge is 0.379 e. The van der Waals surface area contributed by atoms with Crippen LogP contribution < -0.4 is 5.32 Å². The molecule has 2 aromatic rings. The van der Waals surface area contributed by atoms with Crippen molar-refractivity contribution in [1.82, 2.24) is 0 Å². The maximum absolute atomic E-state index is 12.8. The lowest BCUT2D eigenvalue weighted by Gasteiger charge is -2.16. The number of anilines is 1. The van der Waals surface area contributed by atoms with E-state index in [1.807, 2.05) is 30.3 Å². The second-order valence-corrected chi connectivity index (χ2v) is 4.74. The van der Waals surface area contributed by atoms with Crippen LogP contribution in [0.2, 0.25) is 0 Å². The predicted octanol–water partition coefficient (Wildman–Crippen LogP) is 5.02. The Morgan fingerprint density at radius 1 is 1.00 bits per heavy atom. The van der Waals surface area contributed by atoms with Crippen molar-refractivity contribution in [3.63, 3.8) is 0 Å². The molecule has 1 atom stereocenters. The third-order valence-electron chi connectivity index (χ3n) is 3.11. The van der Waals surface area contributed by atoms with Crippen LogP contribution in [0.15, 0.2) is 66.8 Å². The maximum Gasteiger partial charge on any atom is 0.268 e. The average molecular weight is 291 g/mol. The Kier molecular flexibility index (Phi) is 5.43. The van der Waals surface area contributed by atoms with Crippen molar-refractivity contribution in [3.8, 4) is 0 Å². The normalized spacial score (nSPS) is 11.8. The summed E-state index contributed by atoms with van der Waals surface area (Å²) in [5, 5.41) is 2.98. The first-order valence-electron chi connectivity index (χ1n) is 6.72. The highest BCUT2D eigenvalue weighted by Gasteiger charge is 2.08. The van der Waals surface area contributed by atoms with Crippen molar-refractivity contribution >= 4 is 5.69 Å². The number of hydrogen-bond donors (Lipinski definition) is 1. The van der Waals surface area contributed by atoms with Crippen molar-refractivity contribution in [3.05, 3.63) is 78.1 Å². The minimum Gasteiger partial charge on any atom is -0.379 e. The van der Waals surface area contributed by atoms with E-state index in [0.717, 1.165) is 11.6 Å². The molecule has 2 rings (SSSR count). The third kappa shape index (κ3) is 5.34. The predicted molar refractivity (Wildman–Crippen MR) is 78.9 cm³/mol. The first kappa shape index (κ1) is 15.2. The van der Waals surface area contributed by atoms with Crippen LogP contribution in [-0.2, 0) is 6.42 Å². The molecule has 4 heteroatoms. The fourth-order valence-electron chi connectivity index (χ4n) is 2.08. The summed E-state index contributed by atoms with van der Waals surface area (Å²) in [4.78, 5) is 0. The topological polar surface area (TPSA) is 12.0 Å². The van der Waals surface area contributed by atoms with E-state index in [1.54, 1.807) is 0 Å². The van der Waals surface area contributed by atoms with Crippen molar-refractivity contribution in [2.45, 2.75) is 18.9 Å². The number of halogens is 3. The van der Waals surface area contributed by atoms with E-state index in [9.17, 15) is 13.2 Å². The smallest absolute Gasteiger partial charge is 0.268 e. The molecule has 0 saturated carbocycles. The molecule has 0 aliphatic carbocycles. The molecule has 2 aromatic carbocycles. The van der Waals surface area contributed by atoms with Crippen LogP contribution in [0, 0.1) is 5.82 Å². The second-order valence-electron chi connectivity index (χ2n) is 4.74. The molecule has 110 valence electrons. The summed E-state index contributed by atoms with van der Waals surface area (Å²) in [7, 11) is 0. The summed E-state index contributed by atoms with van der Waals surface area (Å²) in [5.41, 5.74) is 1.71. The molecular weight excluding hydrogens is 275 g/mol. The van der Waals surface area contributed by atoms with Gasteiger partial charge in [0.1, 0.15) is 5.82 Å². The molecule has 0 saturated heterocycles. The van der Waals surface area contributed by atoms with Gasteiger partial charge in [-0.1, -0.05) is 30.3 Å². The lowest BCUT2D eigenvalue weighted by molar-refractivity contribution is 0.415. The van der Waals surface area contributed by atoms with Gasteiger partial charge in [0.2, 0.25) is 0 Å². The van der Waals surface area contributed by atoms with E-state index in [1.165, 1.54) is 24.3 Å². The molecule has 0 fully saturated rings. The van der Waals surface area contributed by atoms with Crippen LogP contribution in [0.3, 0.4) is 0 Å². The highest BCUT2D eigenvalue weighted by molar-refractivity contribution is 5.44. The van der Waals surface area contributed by atoms with Gasteiger partial charge in [-0.3, -0.25) is 0 Å². The molecular formula is C17H16F3N. The van der Waals surface area contributed by atoms with Gasteiger partial charge in [-0.15, -0.1) is 0 Å². The average Bonchev–Trinajstić information content (AvgIpc) is 2.48. The number of aryl methyl sites for hydroxylation is 1. The highest BCUT2D eigenvalue weighted by Crippen LogP contribution is 2.15. The molecule has 21 heavy (non-hydrogen) atoms. The SMILES string of the molecule is FC(F)=C[C@H](CCc1ccccc1)Nc1ccc(F)cc1. The van der Waals surface area contributed by atoms with E-state index < -0.39 is 12.1 Å². The van der Waals surface area contributed by atoms with Crippen molar-refractivity contribution < 1.29 is 13.2 Å². The van der Waals surface area contributed by atoms with Gasteiger partial charge in [0.05, 0.1) is 6.04 Å². The monoisotopic (exact) mass is 291 g/mol. The summed E-state index contributed by atoms with van der Waals surface area (Å²) < 4.78 is 37.9. The molecule has 0 aliphatic heterocycles. The number of hydrogen-bond acceptors (Lipinski definition) is 1. The van der Waals surface area contributed by atoms with Gasteiger partial charge < -0.3 is 5.32 Å². The zero-order valence-electron chi connectivity index (χ0n) is 11.4. The van der Waals surface area contributed by atoms with Crippen molar-refractivity contribution in [2.24, 2.45) is 0 Å². The fraction of sp³-hybridized carbons (Fsp3) is 0.176. The minimum absolute atomic E-state index is 0.353. The number of nitrogens with one attached hydrogen (secondary N) is 1. The first-order chi connectivity index (χ1) is 10.1. The zero-order chi connectivity index (χ0) is 15.1. The quantitative estimate of drug-likeness (QED) is 0.788. The molecule has 0 aromatic heterocycles. The Labute approximate surface area is 122 Å². The lowest BCUT2D eigenvalue weighted by atomic mass is 10.0. The van der Waals surface area contributed by atoms with Crippen molar-refractivity contribution in [1.29, 1.82) is 0 Å². The number of benzene rings is 2. The van der Waals surface area contributed by atoms with E-state index in [2.05, 4.69) is 5.32 Å². The molecule has 0 aliphatic rings. The Morgan fingerprint density at radius 2 is 1.67 bits per heavy atom. The Hall–Kier alpha value is -2.23. The Morgan fingerprint density at radius 3 is 2.29 bits per heavy atom. The van der Waals surface area contributed by atoms with Crippen LogP contribution in [0.5, 0.6) is 0 Å². The van der Waals surface area contributed by atoms with Crippen LogP contribution >= 0.6 is 0 Å². The molecule has 1 nitrogen and oxygen atoms in total. The van der Waals surface area contributed by atoms with E-state index in [0.29, 0.717) is 18.5 Å². The summed E-state index contributed by atoms with van der Waals surface area (Å²) >= 11 is 0. The fourth-order valence-corrected chi connectivity index (χ4v) is 2.08. The summed E-state index contributed by atoms with van der Waals surface area (Å²) in [6.07, 6.45) is 0.386. The highest BCUT2D eigenvalue weighted by atomic mass is 19.3. The molecule has 0 amide bonds. The summed E-state index contributed by atoms with van der Waals surface area (Å²) in [5.74, 6) is -0.353. The van der Waals surface area contributed by atoms with E-state index >= 15 is 0 Å². The van der Waals surface area contributed by atoms with Crippen LogP contribution in [0.25, 0.3) is 0 Å². The van der Waals surface area contributed by atoms with Gasteiger partial charge in [0.25, 0.3) is 6.08 Å². The van der Waals surface area contributed by atoms with Crippen LogP contribution in [0.4, 0.5) is 18.9 Å². The first-order valence-corrected chi connectivity index (χ1v) is 6.72. The standard InChI is InChI=1S/C17H16F3N/c18-14-7-10-15(11-8-14)21-16(12-17(19)20)9-6-13-4-2-1-3-5-13/h1-5,7-8,10-12,16,21H,6,9H2/t16-/m0/s1. The van der Waals surface area contributed by atoms with Gasteiger partial charge in [-0.05, 0) is 42.7 Å². The molecule has 0 unspecified atom stereocenters. The second kappa shape index (κ2) is 7.53. The Bertz CT molecular complexity index is 575. The molecule has 0 bridgehead atoms. The van der Waals surface area contributed by atoms with Gasteiger partial charge in [0.15, 0.2) is 0 Å². The molecule has 0 radical (unpaired) electrons. The van der Waals surface area contributed by atoms with Crippen LogP contribution in [0.1, 0.15) is 12.0 Å². The molecule has 1 N–H and O–H groups in total.